The number of benzene rings is 1. The van der Waals surface area contributed by atoms with Gasteiger partial charge in [0.15, 0.2) is 0 Å². The smallest absolute Gasteiger partial charge is 0.252 e. The van der Waals surface area contributed by atoms with E-state index < -0.39 is 0 Å². The summed E-state index contributed by atoms with van der Waals surface area (Å²) in [6.45, 7) is 3.71. The lowest BCUT2D eigenvalue weighted by atomic mass is 10.1. The molecule has 0 fully saturated rings. The first-order valence-corrected chi connectivity index (χ1v) is 6.28. The molecular formula is C14H16N4O2. The summed E-state index contributed by atoms with van der Waals surface area (Å²) in [5.41, 5.74) is 4.84. The first kappa shape index (κ1) is 13.8. The van der Waals surface area contributed by atoms with E-state index in [1.807, 2.05) is 6.92 Å². The van der Waals surface area contributed by atoms with Gasteiger partial charge in [0.25, 0.3) is 5.56 Å². The Balaban J connectivity index is 2.23. The molecule has 104 valence electrons. The van der Waals surface area contributed by atoms with Crippen LogP contribution in [0.15, 0.2) is 40.2 Å². The minimum Gasteiger partial charge on any atom is -0.508 e. The SMILES string of the molecule is CC/C(=N\Nc1nc(C)cc(=O)[nH]1)c1ccc(O)cc1. The van der Waals surface area contributed by atoms with Gasteiger partial charge in [-0.15, -0.1) is 0 Å². The predicted octanol–water partition coefficient (Wildman–Crippen LogP) is 2.01. The van der Waals surface area contributed by atoms with Crippen molar-refractivity contribution >= 4 is 11.7 Å². The van der Waals surface area contributed by atoms with E-state index in [0.717, 1.165) is 11.3 Å². The third-order valence-electron chi connectivity index (χ3n) is 2.70. The van der Waals surface area contributed by atoms with E-state index >= 15 is 0 Å². The van der Waals surface area contributed by atoms with Crippen LogP contribution in [0, 0.1) is 6.92 Å². The van der Waals surface area contributed by atoms with Gasteiger partial charge in [0.1, 0.15) is 5.75 Å². The van der Waals surface area contributed by atoms with Crippen molar-refractivity contribution < 1.29 is 5.11 Å². The van der Waals surface area contributed by atoms with Crippen LogP contribution in [0.3, 0.4) is 0 Å². The summed E-state index contributed by atoms with van der Waals surface area (Å²) >= 11 is 0. The summed E-state index contributed by atoms with van der Waals surface area (Å²) in [5.74, 6) is 0.515. The Morgan fingerprint density at radius 1 is 1.40 bits per heavy atom. The van der Waals surface area contributed by atoms with Crippen molar-refractivity contribution in [3.8, 4) is 5.75 Å². The average Bonchev–Trinajstić information content (AvgIpc) is 2.40. The molecule has 0 atom stereocenters. The highest BCUT2D eigenvalue weighted by molar-refractivity contribution is 6.00. The van der Waals surface area contributed by atoms with E-state index in [4.69, 9.17) is 0 Å². The standard InChI is InChI=1S/C14H16N4O2/c1-3-12(10-4-6-11(19)7-5-10)17-18-14-15-9(2)8-13(20)16-14/h4-8,19H,3H2,1-2H3,(H2,15,16,18,20)/b17-12+. The van der Waals surface area contributed by atoms with Gasteiger partial charge in [-0.3, -0.25) is 9.78 Å². The van der Waals surface area contributed by atoms with Crippen LogP contribution in [0.5, 0.6) is 5.75 Å². The van der Waals surface area contributed by atoms with E-state index in [0.29, 0.717) is 18.1 Å². The number of anilines is 1. The molecule has 0 aliphatic carbocycles. The van der Waals surface area contributed by atoms with Crippen molar-refractivity contribution in [2.75, 3.05) is 5.43 Å². The summed E-state index contributed by atoms with van der Waals surface area (Å²) in [6.07, 6.45) is 0.702. The number of hydrogen-bond acceptors (Lipinski definition) is 5. The van der Waals surface area contributed by atoms with Gasteiger partial charge in [-0.25, -0.2) is 10.4 Å². The third-order valence-corrected chi connectivity index (χ3v) is 2.70. The lowest BCUT2D eigenvalue weighted by Gasteiger charge is -2.06. The lowest BCUT2D eigenvalue weighted by molar-refractivity contribution is 0.475. The molecule has 0 aliphatic rings. The van der Waals surface area contributed by atoms with E-state index in [1.54, 1.807) is 31.2 Å². The molecule has 1 heterocycles. The molecule has 2 aromatic rings. The highest BCUT2D eigenvalue weighted by Gasteiger charge is 2.02. The van der Waals surface area contributed by atoms with Gasteiger partial charge in [0, 0.05) is 11.8 Å². The second-order valence-electron chi connectivity index (χ2n) is 4.31. The number of rotatable bonds is 4. The fourth-order valence-corrected chi connectivity index (χ4v) is 1.75. The van der Waals surface area contributed by atoms with Gasteiger partial charge < -0.3 is 5.11 Å². The maximum Gasteiger partial charge on any atom is 0.252 e. The average molecular weight is 272 g/mol. The number of aromatic nitrogens is 2. The van der Waals surface area contributed by atoms with E-state index in [1.165, 1.54) is 6.07 Å². The molecule has 0 amide bonds. The number of nitrogens with one attached hydrogen (secondary N) is 2. The number of hydrazone groups is 1. The van der Waals surface area contributed by atoms with Gasteiger partial charge in [-0.1, -0.05) is 6.92 Å². The van der Waals surface area contributed by atoms with Gasteiger partial charge in [0.05, 0.1) is 5.71 Å². The van der Waals surface area contributed by atoms with Gasteiger partial charge >= 0.3 is 0 Å². The number of aromatic hydroxyl groups is 1. The molecule has 0 spiro atoms. The van der Waals surface area contributed by atoms with Crippen LogP contribution in [-0.4, -0.2) is 20.8 Å². The van der Waals surface area contributed by atoms with Gasteiger partial charge in [-0.05, 0) is 43.2 Å². The van der Waals surface area contributed by atoms with Crippen molar-refractivity contribution in [3.05, 3.63) is 51.9 Å². The Bertz CT molecular complexity index is 674. The summed E-state index contributed by atoms with van der Waals surface area (Å²) in [6, 6.07) is 8.19. The number of phenols is 1. The molecule has 6 heteroatoms. The van der Waals surface area contributed by atoms with E-state index in [9.17, 15) is 9.90 Å². The van der Waals surface area contributed by atoms with Crippen molar-refractivity contribution in [3.63, 3.8) is 0 Å². The Hall–Kier alpha value is -2.63. The summed E-state index contributed by atoms with van der Waals surface area (Å²) in [7, 11) is 0. The largest absolute Gasteiger partial charge is 0.508 e. The van der Waals surface area contributed by atoms with E-state index in [-0.39, 0.29) is 11.3 Å². The van der Waals surface area contributed by atoms with Gasteiger partial charge in [-0.2, -0.15) is 5.10 Å². The molecule has 3 N–H and O–H groups in total. The first-order valence-electron chi connectivity index (χ1n) is 6.28. The quantitative estimate of drug-likeness (QED) is 0.586. The van der Waals surface area contributed by atoms with Crippen LogP contribution >= 0.6 is 0 Å². The molecule has 0 aliphatic heterocycles. The van der Waals surface area contributed by atoms with Gasteiger partial charge in [0.2, 0.25) is 5.95 Å². The summed E-state index contributed by atoms with van der Waals surface area (Å²) < 4.78 is 0. The Morgan fingerprint density at radius 2 is 2.10 bits per heavy atom. The molecule has 1 aromatic heterocycles. The minimum atomic E-state index is -0.224. The highest BCUT2D eigenvalue weighted by Crippen LogP contribution is 2.12. The summed E-state index contributed by atoms with van der Waals surface area (Å²) in [4.78, 5) is 18.0. The molecule has 0 bridgehead atoms. The van der Waals surface area contributed by atoms with Crippen molar-refractivity contribution in [2.45, 2.75) is 20.3 Å². The second kappa shape index (κ2) is 6.01. The van der Waals surface area contributed by atoms with Crippen molar-refractivity contribution in [1.82, 2.24) is 9.97 Å². The van der Waals surface area contributed by atoms with Crippen molar-refractivity contribution in [2.24, 2.45) is 5.10 Å². The fourth-order valence-electron chi connectivity index (χ4n) is 1.75. The molecule has 1 aromatic carbocycles. The second-order valence-corrected chi connectivity index (χ2v) is 4.31. The number of aryl methyl sites for hydroxylation is 1. The third kappa shape index (κ3) is 3.44. The monoisotopic (exact) mass is 272 g/mol. The Morgan fingerprint density at radius 3 is 2.70 bits per heavy atom. The lowest BCUT2D eigenvalue weighted by Crippen LogP contribution is -2.12. The fraction of sp³-hybridized carbons (Fsp3) is 0.214. The highest BCUT2D eigenvalue weighted by atomic mass is 16.3. The Kier molecular flexibility index (Phi) is 4.14. The molecule has 2 rings (SSSR count). The zero-order valence-corrected chi connectivity index (χ0v) is 11.3. The molecule has 0 unspecified atom stereocenters. The van der Waals surface area contributed by atoms with E-state index in [2.05, 4.69) is 20.5 Å². The summed E-state index contributed by atoms with van der Waals surface area (Å²) in [5, 5.41) is 13.5. The number of aromatic amines is 1. The molecular weight excluding hydrogens is 256 g/mol. The normalized spacial score (nSPS) is 11.4. The van der Waals surface area contributed by atoms with Crippen LogP contribution in [0.2, 0.25) is 0 Å². The predicted molar refractivity (Wildman–Crippen MR) is 78.2 cm³/mol. The molecule has 0 saturated heterocycles. The maximum absolute atomic E-state index is 11.3. The van der Waals surface area contributed by atoms with Crippen LogP contribution < -0.4 is 11.0 Å². The first-order chi connectivity index (χ1) is 9.58. The maximum atomic E-state index is 11.3. The number of H-pyrrole nitrogens is 1. The molecule has 0 radical (unpaired) electrons. The molecule has 6 nitrogen and oxygen atoms in total. The topological polar surface area (TPSA) is 90.4 Å². The van der Waals surface area contributed by atoms with Crippen LogP contribution in [-0.2, 0) is 0 Å². The number of phenolic OH excluding ortho intramolecular Hbond substituents is 1. The van der Waals surface area contributed by atoms with Crippen LogP contribution in [0.1, 0.15) is 24.6 Å². The van der Waals surface area contributed by atoms with Crippen molar-refractivity contribution in [1.29, 1.82) is 0 Å². The number of nitrogens with zero attached hydrogens (tertiary/aromatic N) is 2. The zero-order valence-electron chi connectivity index (χ0n) is 11.3. The zero-order chi connectivity index (χ0) is 14.5. The number of hydrogen-bond donors (Lipinski definition) is 3. The van der Waals surface area contributed by atoms with Crippen LogP contribution in [0.4, 0.5) is 5.95 Å². The Labute approximate surface area is 116 Å². The molecule has 0 saturated carbocycles. The minimum absolute atomic E-state index is 0.210. The molecule has 20 heavy (non-hydrogen) atoms. The van der Waals surface area contributed by atoms with Crippen LogP contribution in [0.25, 0.3) is 0 Å².